The van der Waals surface area contributed by atoms with E-state index in [0.29, 0.717) is 12.2 Å². The van der Waals surface area contributed by atoms with E-state index < -0.39 is 0 Å². The highest BCUT2D eigenvalue weighted by molar-refractivity contribution is 5.94. The van der Waals surface area contributed by atoms with Crippen molar-refractivity contribution in [2.45, 2.75) is 51.7 Å². The van der Waals surface area contributed by atoms with Gasteiger partial charge in [-0.2, -0.15) is 5.10 Å². The summed E-state index contributed by atoms with van der Waals surface area (Å²) in [5, 5.41) is 4.85. The minimum atomic E-state index is -0.0212. The zero-order valence-corrected chi connectivity index (χ0v) is 19.0. The van der Waals surface area contributed by atoms with Crippen LogP contribution in [0.1, 0.15) is 65.3 Å². The fourth-order valence-electron chi connectivity index (χ4n) is 4.99. The number of carbonyl (C=O) groups excluding carboxylic acids is 1. The summed E-state index contributed by atoms with van der Waals surface area (Å²) in [6.45, 7) is 5.54. The van der Waals surface area contributed by atoms with Gasteiger partial charge < -0.3 is 14.5 Å². The lowest BCUT2D eigenvalue weighted by Crippen LogP contribution is -2.38. The molecular weight excluding hydrogens is 402 g/mol. The van der Waals surface area contributed by atoms with Gasteiger partial charge in [-0.3, -0.25) is 4.79 Å². The van der Waals surface area contributed by atoms with Gasteiger partial charge in [0.1, 0.15) is 5.82 Å². The normalized spacial score (nSPS) is 19.1. The molecule has 4 heterocycles. The number of anilines is 1. The van der Waals surface area contributed by atoms with Crippen LogP contribution in [-0.2, 0) is 11.3 Å². The summed E-state index contributed by atoms with van der Waals surface area (Å²) in [6, 6.07) is 9.78. The lowest BCUT2D eigenvalue weighted by atomic mass is 9.98. The Morgan fingerprint density at radius 2 is 1.84 bits per heavy atom. The second-order valence-corrected chi connectivity index (χ2v) is 8.95. The third-order valence-electron chi connectivity index (χ3n) is 6.65. The van der Waals surface area contributed by atoms with Gasteiger partial charge in [-0.1, -0.05) is 12.1 Å². The largest absolute Gasteiger partial charge is 0.380 e. The molecule has 0 saturated carbocycles. The van der Waals surface area contributed by atoms with Crippen molar-refractivity contribution in [2.24, 2.45) is 0 Å². The van der Waals surface area contributed by atoms with E-state index in [1.807, 2.05) is 33.7 Å². The first-order valence-corrected chi connectivity index (χ1v) is 11.6. The first-order chi connectivity index (χ1) is 15.6. The summed E-state index contributed by atoms with van der Waals surface area (Å²) in [4.78, 5) is 22.7. The molecular formula is C25H31N5O2. The Bertz CT molecular complexity index is 1100. The van der Waals surface area contributed by atoms with Crippen LogP contribution in [0, 0.1) is 6.92 Å². The number of piperidine rings is 1. The van der Waals surface area contributed by atoms with Crippen molar-refractivity contribution in [3.05, 3.63) is 58.9 Å². The highest BCUT2D eigenvalue weighted by Crippen LogP contribution is 2.32. The highest BCUT2D eigenvalue weighted by atomic mass is 16.5. The number of benzene rings is 1. The van der Waals surface area contributed by atoms with Gasteiger partial charge in [0.15, 0.2) is 5.65 Å². The van der Waals surface area contributed by atoms with Gasteiger partial charge in [0.05, 0.1) is 18.3 Å². The van der Waals surface area contributed by atoms with Crippen molar-refractivity contribution < 1.29 is 9.53 Å². The van der Waals surface area contributed by atoms with Crippen LogP contribution in [0.15, 0.2) is 36.5 Å². The molecule has 1 unspecified atom stereocenters. The number of fused-ring (bicyclic) bond motifs is 1. The Kier molecular flexibility index (Phi) is 5.83. The van der Waals surface area contributed by atoms with E-state index in [9.17, 15) is 4.79 Å². The zero-order chi connectivity index (χ0) is 22.1. The zero-order valence-electron chi connectivity index (χ0n) is 19.0. The molecule has 1 aromatic carbocycles. The van der Waals surface area contributed by atoms with Crippen molar-refractivity contribution in [1.82, 2.24) is 19.5 Å². The van der Waals surface area contributed by atoms with Crippen molar-refractivity contribution in [3.63, 3.8) is 0 Å². The van der Waals surface area contributed by atoms with E-state index in [2.05, 4.69) is 24.1 Å². The monoisotopic (exact) mass is 433 g/mol. The molecule has 2 aromatic heterocycles. The quantitative estimate of drug-likeness (QED) is 0.605. The maximum atomic E-state index is 13.4. The van der Waals surface area contributed by atoms with Crippen molar-refractivity contribution in [2.75, 3.05) is 31.6 Å². The molecule has 1 atom stereocenters. The lowest BCUT2D eigenvalue weighted by Gasteiger charge is -2.34. The predicted octanol–water partition coefficient (Wildman–Crippen LogP) is 4.15. The van der Waals surface area contributed by atoms with Gasteiger partial charge in [-0.25, -0.2) is 9.50 Å². The highest BCUT2D eigenvalue weighted by Gasteiger charge is 2.31. The number of aromatic nitrogens is 3. The van der Waals surface area contributed by atoms with Crippen LogP contribution in [-0.4, -0.2) is 52.1 Å². The maximum absolute atomic E-state index is 13.4. The predicted molar refractivity (Wildman–Crippen MR) is 124 cm³/mol. The smallest absolute Gasteiger partial charge is 0.254 e. The molecule has 0 spiro atoms. The molecule has 0 aliphatic carbocycles. The van der Waals surface area contributed by atoms with Crippen molar-refractivity contribution >= 4 is 17.4 Å². The summed E-state index contributed by atoms with van der Waals surface area (Å²) in [6.07, 6.45) is 7.57. The van der Waals surface area contributed by atoms with Gasteiger partial charge in [0.25, 0.3) is 5.91 Å². The molecule has 0 bridgehead atoms. The number of nitrogens with zero attached hydrogens (tertiary/aromatic N) is 5. The van der Waals surface area contributed by atoms with Crippen LogP contribution in [0.25, 0.3) is 5.65 Å². The minimum absolute atomic E-state index is 0.0212. The number of hydrogen-bond donors (Lipinski definition) is 0. The van der Waals surface area contributed by atoms with Crippen LogP contribution < -0.4 is 4.90 Å². The third kappa shape index (κ3) is 3.97. The number of hydrogen-bond acceptors (Lipinski definition) is 5. The topological polar surface area (TPSA) is 63.0 Å². The second kappa shape index (κ2) is 8.90. The summed E-state index contributed by atoms with van der Waals surface area (Å²) in [7, 11) is 1.68. The standard InChI is InChI=1S/C25H31N5O2/c1-18-16-30-23(26-24(18)28-12-5-6-13-28)15-21(27-30)22-7-3-4-14-29(22)25(31)20-10-8-19(9-11-20)17-32-2/h8-11,15-16,22H,3-7,12-14,17H2,1-2H3. The van der Waals surface area contributed by atoms with Crippen molar-refractivity contribution in [3.8, 4) is 0 Å². The average Bonchev–Trinajstić information content (AvgIpc) is 3.48. The molecule has 3 aromatic rings. The van der Waals surface area contributed by atoms with E-state index in [1.54, 1.807) is 7.11 Å². The number of amides is 1. The average molecular weight is 434 g/mol. The molecule has 7 nitrogen and oxygen atoms in total. The fourth-order valence-corrected chi connectivity index (χ4v) is 4.99. The first-order valence-electron chi connectivity index (χ1n) is 11.6. The van der Waals surface area contributed by atoms with Gasteiger partial charge in [-0.05, 0) is 56.7 Å². The third-order valence-corrected chi connectivity index (χ3v) is 6.65. The second-order valence-electron chi connectivity index (χ2n) is 8.95. The summed E-state index contributed by atoms with van der Waals surface area (Å²) >= 11 is 0. The molecule has 2 fully saturated rings. The summed E-state index contributed by atoms with van der Waals surface area (Å²) < 4.78 is 7.06. The minimum Gasteiger partial charge on any atom is -0.380 e. The van der Waals surface area contributed by atoms with Gasteiger partial charge >= 0.3 is 0 Å². The number of likely N-dealkylation sites (tertiary alicyclic amines) is 1. The Hall–Kier alpha value is -2.93. The number of ether oxygens (including phenoxy) is 1. The number of rotatable bonds is 5. The van der Waals surface area contributed by atoms with E-state index in [1.165, 1.54) is 12.8 Å². The fraction of sp³-hybridized carbons (Fsp3) is 0.480. The number of carbonyl (C=O) groups is 1. The molecule has 32 heavy (non-hydrogen) atoms. The van der Waals surface area contributed by atoms with Crippen LogP contribution in [0.3, 0.4) is 0 Å². The Labute approximate surface area is 189 Å². The van der Waals surface area contributed by atoms with Crippen molar-refractivity contribution in [1.29, 1.82) is 0 Å². The summed E-state index contributed by atoms with van der Waals surface area (Å²) in [5.74, 6) is 1.13. The van der Waals surface area contributed by atoms with Gasteiger partial charge in [0, 0.05) is 50.1 Å². The molecule has 0 radical (unpaired) electrons. The van der Waals surface area contributed by atoms with E-state index in [0.717, 1.165) is 67.2 Å². The van der Waals surface area contributed by atoms with E-state index in [4.69, 9.17) is 14.8 Å². The van der Waals surface area contributed by atoms with E-state index in [-0.39, 0.29) is 11.9 Å². The molecule has 2 aliphatic rings. The van der Waals surface area contributed by atoms with Crippen LogP contribution in [0.4, 0.5) is 5.82 Å². The Morgan fingerprint density at radius 3 is 2.59 bits per heavy atom. The molecule has 1 amide bonds. The van der Waals surface area contributed by atoms with Crippen LogP contribution >= 0.6 is 0 Å². The molecule has 168 valence electrons. The number of methoxy groups -OCH3 is 1. The molecule has 7 heteroatoms. The lowest BCUT2D eigenvalue weighted by molar-refractivity contribution is 0.0605. The SMILES string of the molecule is COCc1ccc(C(=O)N2CCCCC2c2cc3nc(N4CCCC4)c(C)cn3n2)cc1. The molecule has 5 rings (SSSR count). The summed E-state index contributed by atoms with van der Waals surface area (Å²) in [5.41, 5.74) is 4.70. The van der Waals surface area contributed by atoms with E-state index >= 15 is 0 Å². The molecule has 2 saturated heterocycles. The van der Waals surface area contributed by atoms with Gasteiger partial charge in [0.2, 0.25) is 0 Å². The maximum Gasteiger partial charge on any atom is 0.254 e. The Balaban J connectivity index is 1.43. The number of aryl methyl sites for hydroxylation is 1. The van der Waals surface area contributed by atoms with Crippen LogP contribution in [0.2, 0.25) is 0 Å². The first kappa shape index (κ1) is 20.9. The van der Waals surface area contributed by atoms with Crippen LogP contribution in [0.5, 0.6) is 0 Å². The molecule has 2 aliphatic heterocycles. The Morgan fingerprint density at radius 1 is 1.09 bits per heavy atom. The molecule has 0 N–H and O–H groups in total. The van der Waals surface area contributed by atoms with Gasteiger partial charge in [-0.15, -0.1) is 0 Å².